The summed E-state index contributed by atoms with van der Waals surface area (Å²) in [5.41, 5.74) is 1.40. The van der Waals surface area contributed by atoms with Crippen LogP contribution < -0.4 is 0 Å². The zero-order valence-corrected chi connectivity index (χ0v) is 12.3. The van der Waals surface area contributed by atoms with Gasteiger partial charge in [0.05, 0.1) is 13.2 Å². The molecule has 0 N–H and O–H groups in total. The van der Waals surface area contributed by atoms with Crippen molar-refractivity contribution in [1.82, 2.24) is 0 Å². The lowest BCUT2D eigenvalue weighted by atomic mass is 10.0. The molecule has 0 spiro atoms. The van der Waals surface area contributed by atoms with E-state index >= 15 is 0 Å². The van der Waals surface area contributed by atoms with Crippen molar-refractivity contribution < 1.29 is 19.0 Å². The first-order chi connectivity index (χ1) is 9.56. The Morgan fingerprint density at radius 3 is 2.45 bits per heavy atom. The van der Waals surface area contributed by atoms with E-state index in [1.165, 1.54) is 0 Å². The topological polar surface area (TPSA) is 44.8 Å². The van der Waals surface area contributed by atoms with Crippen LogP contribution in [0.4, 0.5) is 0 Å². The zero-order valence-electron chi connectivity index (χ0n) is 12.3. The smallest absolute Gasteiger partial charge is 0.335 e. The van der Waals surface area contributed by atoms with E-state index < -0.39 is 12.3 Å². The summed E-state index contributed by atoms with van der Waals surface area (Å²) in [5.74, 6) is -0.522. The number of hydrogen-bond acceptors (Lipinski definition) is 4. The fraction of sp³-hybridized carbons (Fsp3) is 0.438. The van der Waals surface area contributed by atoms with Crippen LogP contribution in [0.2, 0.25) is 0 Å². The summed E-state index contributed by atoms with van der Waals surface area (Å²) in [6.07, 6.45) is -0.656. The molecule has 4 heteroatoms. The lowest BCUT2D eigenvalue weighted by molar-refractivity contribution is -0.181. The van der Waals surface area contributed by atoms with Gasteiger partial charge in [-0.3, -0.25) is 0 Å². The summed E-state index contributed by atoms with van der Waals surface area (Å²) >= 11 is 0. The second-order valence-electron chi connectivity index (χ2n) is 4.62. The predicted octanol–water partition coefficient (Wildman–Crippen LogP) is 2.90. The van der Waals surface area contributed by atoms with Gasteiger partial charge in [0.1, 0.15) is 0 Å². The van der Waals surface area contributed by atoms with Gasteiger partial charge in [-0.05, 0) is 12.5 Å². The van der Waals surface area contributed by atoms with Gasteiger partial charge >= 0.3 is 5.97 Å². The molecule has 0 bridgehead atoms. The molecular formula is C16H22O4. The van der Waals surface area contributed by atoms with Crippen molar-refractivity contribution in [2.75, 3.05) is 20.3 Å². The van der Waals surface area contributed by atoms with E-state index in [1.807, 2.05) is 37.3 Å². The number of rotatable bonds is 8. The highest BCUT2D eigenvalue weighted by atomic mass is 16.7. The highest BCUT2D eigenvalue weighted by Crippen LogP contribution is 2.23. The van der Waals surface area contributed by atoms with Crippen molar-refractivity contribution in [3.05, 3.63) is 48.0 Å². The molecule has 0 aliphatic carbocycles. The third-order valence-corrected chi connectivity index (χ3v) is 2.87. The Hall–Kier alpha value is -1.65. The number of benzene rings is 1. The van der Waals surface area contributed by atoms with E-state index in [4.69, 9.17) is 14.2 Å². The number of carbonyl (C=O) groups is 1. The molecule has 1 aromatic carbocycles. The maximum absolute atomic E-state index is 11.7. The SMILES string of the molecule is C=C(C)C(=O)OC(OCCOC)C(C)c1ccccc1. The summed E-state index contributed by atoms with van der Waals surface area (Å²) < 4.78 is 15.9. The third kappa shape index (κ3) is 5.15. The highest BCUT2D eigenvalue weighted by Gasteiger charge is 2.24. The standard InChI is InChI=1S/C16H22O4/c1-12(2)15(17)20-16(19-11-10-18-4)13(3)14-8-6-5-7-9-14/h5-9,13,16H,1,10-11H2,2-4H3. The van der Waals surface area contributed by atoms with Gasteiger partial charge in [-0.2, -0.15) is 0 Å². The summed E-state index contributed by atoms with van der Waals surface area (Å²) in [6, 6.07) is 9.78. The lowest BCUT2D eigenvalue weighted by Gasteiger charge is -2.24. The molecule has 110 valence electrons. The number of carbonyl (C=O) groups excluding carboxylic acids is 1. The van der Waals surface area contributed by atoms with Gasteiger partial charge in [-0.25, -0.2) is 4.79 Å². The molecule has 1 aromatic rings. The Kier molecular flexibility index (Phi) is 6.98. The molecule has 1 rings (SSSR count). The molecule has 4 nitrogen and oxygen atoms in total. The van der Waals surface area contributed by atoms with E-state index in [1.54, 1.807) is 14.0 Å². The van der Waals surface area contributed by atoms with Crippen LogP contribution in [-0.2, 0) is 19.0 Å². The fourth-order valence-corrected chi connectivity index (χ4v) is 1.65. The third-order valence-electron chi connectivity index (χ3n) is 2.87. The van der Waals surface area contributed by atoms with Crippen LogP contribution in [0.15, 0.2) is 42.5 Å². The van der Waals surface area contributed by atoms with Crippen LogP contribution in [0, 0.1) is 0 Å². The van der Waals surface area contributed by atoms with Crippen molar-refractivity contribution in [2.45, 2.75) is 26.1 Å². The molecular weight excluding hydrogens is 256 g/mol. The minimum absolute atomic E-state index is 0.0728. The minimum atomic E-state index is -0.656. The van der Waals surface area contributed by atoms with Crippen molar-refractivity contribution in [2.24, 2.45) is 0 Å². The maximum atomic E-state index is 11.7. The summed E-state index contributed by atoms with van der Waals surface area (Å²) in [6.45, 7) is 7.96. The second kappa shape index (κ2) is 8.51. The molecule has 0 aromatic heterocycles. The van der Waals surface area contributed by atoms with Crippen LogP contribution in [0.5, 0.6) is 0 Å². The molecule has 0 amide bonds. The zero-order chi connectivity index (χ0) is 15.0. The van der Waals surface area contributed by atoms with E-state index in [0.29, 0.717) is 18.8 Å². The molecule has 2 unspecified atom stereocenters. The first-order valence-corrected chi connectivity index (χ1v) is 6.58. The Balaban J connectivity index is 2.75. The van der Waals surface area contributed by atoms with Gasteiger partial charge in [-0.1, -0.05) is 43.8 Å². The lowest BCUT2D eigenvalue weighted by Crippen LogP contribution is -2.28. The summed E-state index contributed by atoms with van der Waals surface area (Å²) in [5, 5.41) is 0. The first-order valence-electron chi connectivity index (χ1n) is 6.58. The normalized spacial score (nSPS) is 13.6. The average Bonchev–Trinajstić information content (AvgIpc) is 2.46. The molecule has 0 saturated heterocycles. The molecule has 0 saturated carbocycles. The Labute approximate surface area is 120 Å². The Morgan fingerprint density at radius 1 is 1.25 bits per heavy atom. The van der Waals surface area contributed by atoms with Crippen molar-refractivity contribution >= 4 is 5.97 Å². The number of ether oxygens (including phenoxy) is 3. The number of hydrogen-bond donors (Lipinski definition) is 0. The number of esters is 1. The molecule has 0 aliphatic rings. The van der Waals surface area contributed by atoms with E-state index in [-0.39, 0.29) is 5.92 Å². The molecule has 0 heterocycles. The van der Waals surface area contributed by atoms with Crippen LogP contribution in [0.25, 0.3) is 0 Å². The minimum Gasteiger partial charge on any atom is -0.432 e. The van der Waals surface area contributed by atoms with E-state index in [2.05, 4.69) is 6.58 Å². The average molecular weight is 278 g/mol. The van der Waals surface area contributed by atoms with E-state index in [9.17, 15) is 4.79 Å². The Morgan fingerprint density at radius 2 is 1.90 bits per heavy atom. The predicted molar refractivity (Wildman–Crippen MR) is 77.4 cm³/mol. The van der Waals surface area contributed by atoms with Crippen molar-refractivity contribution in [1.29, 1.82) is 0 Å². The van der Waals surface area contributed by atoms with Gasteiger partial charge in [0, 0.05) is 18.6 Å². The quantitative estimate of drug-likeness (QED) is 0.317. The van der Waals surface area contributed by atoms with Gasteiger partial charge in [0.2, 0.25) is 6.29 Å². The first kappa shape index (κ1) is 16.4. The van der Waals surface area contributed by atoms with Crippen LogP contribution >= 0.6 is 0 Å². The second-order valence-corrected chi connectivity index (χ2v) is 4.62. The maximum Gasteiger partial charge on any atom is 0.335 e. The van der Waals surface area contributed by atoms with Crippen molar-refractivity contribution in [3.63, 3.8) is 0 Å². The van der Waals surface area contributed by atoms with Crippen molar-refractivity contribution in [3.8, 4) is 0 Å². The van der Waals surface area contributed by atoms with Gasteiger partial charge in [0.15, 0.2) is 0 Å². The molecule has 0 radical (unpaired) electrons. The highest BCUT2D eigenvalue weighted by molar-refractivity contribution is 5.87. The van der Waals surface area contributed by atoms with E-state index in [0.717, 1.165) is 5.56 Å². The Bertz CT molecular complexity index is 427. The molecule has 0 fully saturated rings. The van der Waals surface area contributed by atoms with Crippen LogP contribution in [0.1, 0.15) is 25.3 Å². The molecule has 2 atom stereocenters. The summed E-state index contributed by atoms with van der Waals surface area (Å²) in [4.78, 5) is 11.7. The van der Waals surface area contributed by atoms with Gasteiger partial charge < -0.3 is 14.2 Å². The summed E-state index contributed by atoms with van der Waals surface area (Å²) in [7, 11) is 1.60. The van der Waals surface area contributed by atoms with Gasteiger partial charge in [-0.15, -0.1) is 0 Å². The monoisotopic (exact) mass is 278 g/mol. The van der Waals surface area contributed by atoms with Gasteiger partial charge in [0.25, 0.3) is 0 Å². The number of methoxy groups -OCH3 is 1. The van der Waals surface area contributed by atoms with Crippen LogP contribution in [0.3, 0.4) is 0 Å². The molecule has 0 aliphatic heterocycles. The fourth-order valence-electron chi connectivity index (χ4n) is 1.65. The van der Waals surface area contributed by atoms with Crippen LogP contribution in [-0.4, -0.2) is 32.6 Å². The molecule has 20 heavy (non-hydrogen) atoms. The largest absolute Gasteiger partial charge is 0.432 e.